The van der Waals surface area contributed by atoms with E-state index in [0.29, 0.717) is 24.2 Å². The van der Waals surface area contributed by atoms with Gasteiger partial charge in [-0.05, 0) is 30.5 Å². The van der Waals surface area contributed by atoms with E-state index in [2.05, 4.69) is 30.9 Å². The minimum Gasteiger partial charge on any atom is -0.508 e. The van der Waals surface area contributed by atoms with Crippen LogP contribution in [0, 0.1) is 0 Å². The Kier molecular flexibility index (Phi) is 11.5. The van der Waals surface area contributed by atoms with Crippen molar-refractivity contribution < 1.29 is 29.4 Å². The highest BCUT2D eigenvalue weighted by atomic mass is 16.4. The van der Waals surface area contributed by atoms with E-state index < -0.39 is 48.4 Å². The second-order valence-electron chi connectivity index (χ2n) is 8.44. The van der Waals surface area contributed by atoms with Crippen LogP contribution >= 0.6 is 0 Å². The highest BCUT2D eigenvalue weighted by Gasteiger charge is 2.27. The van der Waals surface area contributed by atoms with E-state index in [1.54, 1.807) is 12.1 Å². The van der Waals surface area contributed by atoms with Crippen LogP contribution in [0.4, 0.5) is 0 Å². The average molecular weight is 532 g/mol. The number of carbonyl (C=O) groups is 4. The third kappa shape index (κ3) is 10.5. The first kappa shape index (κ1) is 29.6. The van der Waals surface area contributed by atoms with Crippen LogP contribution in [0.2, 0.25) is 0 Å². The van der Waals surface area contributed by atoms with E-state index >= 15 is 0 Å². The number of phenolic OH excluding ortho intramolecular Hbond substituents is 1. The number of aliphatic carboxylic acids is 1. The quantitative estimate of drug-likeness (QED) is 0.0659. The second kappa shape index (κ2) is 14.8. The zero-order valence-corrected chi connectivity index (χ0v) is 20.6. The van der Waals surface area contributed by atoms with Crippen molar-refractivity contribution in [3.05, 3.63) is 48.0 Å². The molecule has 0 aliphatic rings. The highest BCUT2D eigenvalue weighted by Crippen LogP contribution is 2.12. The van der Waals surface area contributed by atoms with Crippen LogP contribution in [-0.2, 0) is 32.0 Å². The lowest BCUT2D eigenvalue weighted by molar-refractivity contribution is -0.142. The van der Waals surface area contributed by atoms with E-state index in [1.807, 2.05) is 0 Å². The number of aromatic nitrogens is 2. The van der Waals surface area contributed by atoms with Crippen LogP contribution in [-0.4, -0.2) is 81.0 Å². The molecule has 0 aliphatic carbocycles. The number of phenols is 1. The number of imidazole rings is 1. The molecule has 0 aliphatic heterocycles. The number of carboxylic acid groups (broad SMARTS) is 1. The molecule has 3 unspecified atom stereocenters. The van der Waals surface area contributed by atoms with Gasteiger partial charge in [-0.3, -0.25) is 19.4 Å². The summed E-state index contributed by atoms with van der Waals surface area (Å²) in [6.07, 6.45) is 3.49. The summed E-state index contributed by atoms with van der Waals surface area (Å²) < 4.78 is 0. The molecule has 0 radical (unpaired) electrons. The van der Waals surface area contributed by atoms with Gasteiger partial charge in [-0.15, -0.1) is 0 Å². The standard InChI is InChI=1S/C23H33N9O6/c24-16(2-1-7-28-23(25)26)20(35)29-11-19(34)31-17(8-13-3-5-15(33)6-4-13)21(36)32-18(22(37)38)9-14-10-27-12-30-14/h3-6,10,12,16-18,33H,1-2,7-9,11,24H2,(H,27,30)(H,29,35)(H,31,34)(H,32,36)(H,37,38)(H4,25,26,28). The van der Waals surface area contributed by atoms with Crippen LogP contribution < -0.4 is 33.2 Å². The number of rotatable bonds is 15. The molecule has 15 heteroatoms. The topological polar surface area (TPSA) is 264 Å². The molecule has 0 fully saturated rings. The lowest BCUT2D eigenvalue weighted by atomic mass is 10.0. The van der Waals surface area contributed by atoms with Crippen LogP contribution in [0.5, 0.6) is 5.75 Å². The van der Waals surface area contributed by atoms with Gasteiger partial charge in [0.15, 0.2) is 5.96 Å². The lowest BCUT2D eigenvalue weighted by Gasteiger charge is -2.22. The predicted molar refractivity (Wildman–Crippen MR) is 136 cm³/mol. The van der Waals surface area contributed by atoms with Crippen molar-refractivity contribution in [1.82, 2.24) is 25.9 Å². The molecule has 12 N–H and O–H groups in total. The van der Waals surface area contributed by atoms with E-state index in [9.17, 15) is 29.4 Å². The zero-order valence-electron chi connectivity index (χ0n) is 20.6. The summed E-state index contributed by atoms with van der Waals surface area (Å²) >= 11 is 0. The number of nitrogens with one attached hydrogen (secondary N) is 4. The molecule has 2 aromatic rings. The lowest BCUT2D eigenvalue weighted by Crippen LogP contribution is -2.54. The molecule has 1 aromatic heterocycles. The Labute approximate surface area is 218 Å². The summed E-state index contributed by atoms with van der Waals surface area (Å²) in [5.41, 5.74) is 17.4. The number of hydrogen-bond acceptors (Lipinski definition) is 8. The summed E-state index contributed by atoms with van der Waals surface area (Å²) in [5, 5.41) is 26.4. The predicted octanol–water partition coefficient (Wildman–Crippen LogP) is -2.55. The summed E-state index contributed by atoms with van der Waals surface area (Å²) in [6, 6.07) is 2.58. The van der Waals surface area contributed by atoms with Crippen molar-refractivity contribution in [2.24, 2.45) is 22.2 Å². The van der Waals surface area contributed by atoms with Gasteiger partial charge in [-0.2, -0.15) is 0 Å². The molecular weight excluding hydrogens is 498 g/mol. The molecule has 3 amide bonds. The fourth-order valence-electron chi connectivity index (χ4n) is 3.36. The van der Waals surface area contributed by atoms with Crippen LogP contribution in [0.15, 0.2) is 41.8 Å². The van der Waals surface area contributed by atoms with Gasteiger partial charge in [-0.1, -0.05) is 12.1 Å². The number of H-pyrrole nitrogens is 1. The van der Waals surface area contributed by atoms with Gasteiger partial charge in [0, 0.05) is 31.3 Å². The smallest absolute Gasteiger partial charge is 0.326 e. The van der Waals surface area contributed by atoms with Crippen molar-refractivity contribution >= 4 is 29.7 Å². The molecule has 0 saturated heterocycles. The summed E-state index contributed by atoms with van der Waals surface area (Å²) in [5.74, 6) is -3.34. The number of nitrogens with zero attached hydrogens (tertiary/aromatic N) is 2. The number of carbonyl (C=O) groups excluding carboxylic acids is 3. The monoisotopic (exact) mass is 531 g/mol. The molecule has 1 heterocycles. The maximum atomic E-state index is 13.0. The van der Waals surface area contributed by atoms with E-state index in [0.717, 1.165) is 0 Å². The number of nitrogens with two attached hydrogens (primary N) is 3. The van der Waals surface area contributed by atoms with Crippen molar-refractivity contribution in [3.8, 4) is 5.75 Å². The molecule has 15 nitrogen and oxygen atoms in total. The Morgan fingerprint density at radius 3 is 2.34 bits per heavy atom. The molecule has 0 saturated carbocycles. The van der Waals surface area contributed by atoms with Gasteiger partial charge < -0.3 is 48.3 Å². The minimum absolute atomic E-state index is 0.00744. The first-order valence-corrected chi connectivity index (χ1v) is 11.7. The number of guanidine groups is 1. The minimum atomic E-state index is -1.29. The highest BCUT2D eigenvalue weighted by molar-refractivity contribution is 5.92. The van der Waals surface area contributed by atoms with E-state index in [-0.39, 0.29) is 31.0 Å². The third-order valence-electron chi connectivity index (χ3n) is 5.35. The van der Waals surface area contributed by atoms with Gasteiger partial charge >= 0.3 is 5.97 Å². The van der Waals surface area contributed by atoms with Crippen molar-refractivity contribution in [2.75, 3.05) is 13.1 Å². The number of aliphatic imine (C=N–C) groups is 1. The Hall–Kier alpha value is -4.66. The third-order valence-corrected chi connectivity index (χ3v) is 5.35. The second-order valence-corrected chi connectivity index (χ2v) is 8.44. The SMILES string of the molecule is NC(N)=NCCCC(N)C(=O)NCC(=O)NC(Cc1ccc(O)cc1)C(=O)NC(Cc1cnc[nH]1)C(=O)O. The largest absolute Gasteiger partial charge is 0.508 e. The fourth-order valence-corrected chi connectivity index (χ4v) is 3.36. The molecule has 0 spiro atoms. The zero-order chi connectivity index (χ0) is 28.1. The van der Waals surface area contributed by atoms with Crippen LogP contribution in [0.25, 0.3) is 0 Å². The Balaban J connectivity index is 2.00. The molecule has 0 bridgehead atoms. The Bertz CT molecular complexity index is 1100. The normalized spacial score (nSPS) is 13.0. The number of benzene rings is 1. The summed E-state index contributed by atoms with van der Waals surface area (Å²) in [4.78, 5) is 60.0. The summed E-state index contributed by atoms with van der Waals surface area (Å²) in [7, 11) is 0. The van der Waals surface area contributed by atoms with Crippen molar-refractivity contribution in [3.63, 3.8) is 0 Å². The Morgan fingerprint density at radius 1 is 1.03 bits per heavy atom. The van der Waals surface area contributed by atoms with Gasteiger partial charge in [-0.25, -0.2) is 9.78 Å². The van der Waals surface area contributed by atoms with E-state index in [1.165, 1.54) is 24.7 Å². The maximum absolute atomic E-state index is 13.0. The fraction of sp³-hybridized carbons (Fsp3) is 0.391. The van der Waals surface area contributed by atoms with Crippen molar-refractivity contribution in [2.45, 2.75) is 43.8 Å². The molecule has 1 aromatic carbocycles. The van der Waals surface area contributed by atoms with Gasteiger partial charge in [0.25, 0.3) is 0 Å². The van der Waals surface area contributed by atoms with Gasteiger partial charge in [0.05, 0.1) is 18.9 Å². The number of amides is 3. The molecule has 2 rings (SSSR count). The molecular formula is C23H33N9O6. The molecule has 3 atom stereocenters. The van der Waals surface area contributed by atoms with E-state index in [4.69, 9.17) is 17.2 Å². The number of carboxylic acids is 1. The molecule has 206 valence electrons. The van der Waals surface area contributed by atoms with Crippen molar-refractivity contribution in [1.29, 1.82) is 0 Å². The number of hydrogen-bond donors (Lipinski definition) is 9. The first-order valence-electron chi connectivity index (χ1n) is 11.7. The van der Waals surface area contributed by atoms with Crippen LogP contribution in [0.1, 0.15) is 24.1 Å². The number of aromatic amines is 1. The first-order chi connectivity index (χ1) is 18.0. The average Bonchev–Trinajstić information content (AvgIpc) is 3.38. The van der Waals surface area contributed by atoms with Crippen LogP contribution in [0.3, 0.4) is 0 Å². The number of aromatic hydroxyl groups is 1. The molecule has 38 heavy (non-hydrogen) atoms. The maximum Gasteiger partial charge on any atom is 0.326 e. The Morgan fingerprint density at radius 2 is 1.74 bits per heavy atom. The summed E-state index contributed by atoms with van der Waals surface area (Å²) in [6.45, 7) is -0.161. The van der Waals surface area contributed by atoms with Gasteiger partial charge in [0.1, 0.15) is 17.8 Å². The van der Waals surface area contributed by atoms with Gasteiger partial charge in [0.2, 0.25) is 17.7 Å².